The molecule has 18 heavy (non-hydrogen) atoms. The van der Waals surface area contributed by atoms with Crippen molar-refractivity contribution in [2.45, 2.75) is 32.0 Å². The molecule has 1 aromatic carbocycles. The molecule has 2 rings (SSSR count). The lowest BCUT2D eigenvalue weighted by molar-refractivity contribution is 0.140. The summed E-state index contributed by atoms with van der Waals surface area (Å²) >= 11 is 0. The van der Waals surface area contributed by atoms with Gasteiger partial charge in [0.2, 0.25) is 0 Å². The Labute approximate surface area is 110 Å². The monoisotopic (exact) mass is 248 g/mol. The molecule has 0 amide bonds. The van der Waals surface area contributed by atoms with E-state index in [4.69, 9.17) is 5.11 Å². The molecule has 0 saturated carbocycles. The summed E-state index contributed by atoms with van der Waals surface area (Å²) in [4.78, 5) is 4.86. The molecule has 0 radical (unpaired) electrons. The van der Waals surface area contributed by atoms with E-state index in [9.17, 15) is 0 Å². The highest BCUT2D eigenvalue weighted by molar-refractivity contribution is 5.21. The highest BCUT2D eigenvalue weighted by atomic mass is 16.3. The first-order valence-electron chi connectivity index (χ1n) is 6.76. The normalized spacial score (nSPS) is 18.4. The molecule has 0 atom stereocenters. The van der Waals surface area contributed by atoms with Crippen LogP contribution in [0, 0.1) is 0 Å². The molecule has 0 aromatic heterocycles. The number of hydrogen-bond acceptors (Lipinski definition) is 3. The maximum atomic E-state index is 9.02. The zero-order valence-electron chi connectivity index (χ0n) is 11.5. The van der Waals surface area contributed by atoms with Crippen LogP contribution >= 0.6 is 0 Å². The third kappa shape index (κ3) is 3.55. The van der Waals surface area contributed by atoms with Crippen molar-refractivity contribution in [1.82, 2.24) is 9.80 Å². The molecule has 100 valence electrons. The Bertz CT molecular complexity index is 353. The van der Waals surface area contributed by atoms with Crippen LogP contribution in [0.15, 0.2) is 24.3 Å². The van der Waals surface area contributed by atoms with Gasteiger partial charge in [-0.05, 0) is 51.2 Å². The van der Waals surface area contributed by atoms with Crippen molar-refractivity contribution < 1.29 is 5.11 Å². The van der Waals surface area contributed by atoms with Gasteiger partial charge in [0.1, 0.15) is 0 Å². The van der Waals surface area contributed by atoms with Gasteiger partial charge in [0, 0.05) is 12.6 Å². The van der Waals surface area contributed by atoms with Gasteiger partial charge in [-0.2, -0.15) is 0 Å². The number of likely N-dealkylation sites (tertiary alicyclic amines) is 1. The summed E-state index contributed by atoms with van der Waals surface area (Å²) in [5.41, 5.74) is 2.33. The van der Waals surface area contributed by atoms with Crippen molar-refractivity contribution >= 4 is 0 Å². The average molecular weight is 248 g/mol. The molecule has 1 aliphatic rings. The van der Waals surface area contributed by atoms with Gasteiger partial charge in [0.15, 0.2) is 0 Å². The second kappa shape index (κ2) is 6.32. The quantitative estimate of drug-likeness (QED) is 0.878. The van der Waals surface area contributed by atoms with Gasteiger partial charge in [0.05, 0.1) is 6.61 Å². The number of aliphatic hydroxyl groups is 1. The van der Waals surface area contributed by atoms with Crippen LogP contribution in [0.2, 0.25) is 0 Å². The van der Waals surface area contributed by atoms with Crippen molar-refractivity contribution in [3.8, 4) is 0 Å². The van der Waals surface area contributed by atoms with Crippen molar-refractivity contribution in [3.05, 3.63) is 35.4 Å². The van der Waals surface area contributed by atoms with E-state index in [1.165, 1.54) is 31.5 Å². The van der Waals surface area contributed by atoms with Crippen molar-refractivity contribution in [2.24, 2.45) is 0 Å². The number of piperidine rings is 1. The highest BCUT2D eigenvalue weighted by Crippen LogP contribution is 2.16. The topological polar surface area (TPSA) is 26.7 Å². The first-order chi connectivity index (χ1) is 8.69. The first kappa shape index (κ1) is 13.5. The fourth-order valence-electron chi connectivity index (χ4n) is 2.60. The molecular weight excluding hydrogens is 224 g/mol. The van der Waals surface area contributed by atoms with E-state index in [0.717, 1.165) is 18.2 Å². The minimum Gasteiger partial charge on any atom is -0.392 e. The number of rotatable bonds is 4. The van der Waals surface area contributed by atoms with E-state index < -0.39 is 0 Å². The summed E-state index contributed by atoms with van der Waals surface area (Å²) in [6, 6.07) is 9.04. The standard InChI is InChI=1S/C15H24N2O/c1-16(2)15-7-9-17(10-8-15)11-13-3-5-14(12-18)6-4-13/h3-6,15,18H,7-12H2,1-2H3. The molecule has 1 saturated heterocycles. The Morgan fingerprint density at radius 2 is 1.67 bits per heavy atom. The van der Waals surface area contributed by atoms with Crippen LogP contribution in [0.4, 0.5) is 0 Å². The molecule has 1 aliphatic heterocycles. The summed E-state index contributed by atoms with van der Waals surface area (Å²) < 4.78 is 0. The van der Waals surface area contributed by atoms with E-state index >= 15 is 0 Å². The van der Waals surface area contributed by atoms with Gasteiger partial charge in [-0.1, -0.05) is 24.3 Å². The van der Waals surface area contributed by atoms with Crippen molar-refractivity contribution in [1.29, 1.82) is 0 Å². The van der Waals surface area contributed by atoms with Gasteiger partial charge in [-0.3, -0.25) is 4.90 Å². The molecule has 3 nitrogen and oxygen atoms in total. The lowest BCUT2D eigenvalue weighted by atomic mass is 10.0. The largest absolute Gasteiger partial charge is 0.392 e. The fourth-order valence-corrected chi connectivity index (χ4v) is 2.60. The second-order valence-electron chi connectivity index (χ2n) is 5.45. The maximum Gasteiger partial charge on any atom is 0.0681 e. The van der Waals surface area contributed by atoms with E-state index in [1.54, 1.807) is 0 Å². The Balaban J connectivity index is 1.83. The summed E-state index contributed by atoms with van der Waals surface area (Å²) in [5, 5.41) is 9.02. The van der Waals surface area contributed by atoms with Crippen molar-refractivity contribution in [3.63, 3.8) is 0 Å². The van der Waals surface area contributed by atoms with Gasteiger partial charge in [-0.15, -0.1) is 0 Å². The molecule has 1 heterocycles. The molecule has 1 fully saturated rings. The van der Waals surface area contributed by atoms with Gasteiger partial charge in [0.25, 0.3) is 0 Å². The van der Waals surface area contributed by atoms with Gasteiger partial charge >= 0.3 is 0 Å². The third-order valence-electron chi connectivity index (χ3n) is 3.90. The zero-order chi connectivity index (χ0) is 13.0. The van der Waals surface area contributed by atoms with Gasteiger partial charge < -0.3 is 10.0 Å². The Morgan fingerprint density at radius 1 is 1.11 bits per heavy atom. The fraction of sp³-hybridized carbons (Fsp3) is 0.600. The average Bonchev–Trinajstić information content (AvgIpc) is 2.40. The van der Waals surface area contributed by atoms with Crippen LogP contribution in [0.5, 0.6) is 0 Å². The minimum absolute atomic E-state index is 0.133. The summed E-state index contributed by atoms with van der Waals surface area (Å²) in [5.74, 6) is 0. The van der Waals surface area contributed by atoms with Crippen LogP contribution in [-0.4, -0.2) is 48.1 Å². The summed E-state index contributed by atoms with van der Waals surface area (Å²) in [6.07, 6.45) is 2.53. The molecule has 1 aromatic rings. The number of hydrogen-bond donors (Lipinski definition) is 1. The lowest BCUT2D eigenvalue weighted by Crippen LogP contribution is -2.41. The Morgan fingerprint density at radius 3 is 2.17 bits per heavy atom. The Kier molecular flexibility index (Phi) is 4.75. The van der Waals surface area contributed by atoms with E-state index in [-0.39, 0.29) is 6.61 Å². The maximum absolute atomic E-state index is 9.02. The van der Waals surface area contributed by atoms with Crippen LogP contribution in [0.3, 0.4) is 0 Å². The smallest absolute Gasteiger partial charge is 0.0681 e. The van der Waals surface area contributed by atoms with E-state index in [0.29, 0.717) is 0 Å². The number of aliphatic hydroxyl groups excluding tert-OH is 1. The molecule has 1 N–H and O–H groups in total. The molecule has 3 heteroatoms. The van der Waals surface area contributed by atoms with Crippen LogP contribution in [-0.2, 0) is 13.2 Å². The summed E-state index contributed by atoms with van der Waals surface area (Å²) in [7, 11) is 4.35. The van der Waals surface area contributed by atoms with Crippen molar-refractivity contribution in [2.75, 3.05) is 27.2 Å². The van der Waals surface area contributed by atoms with Crippen LogP contribution in [0.25, 0.3) is 0 Å². The number of benzene rings is 1. The Hall–Kier alpha value is -0.900. The number of nitrogens with zero attached hydrogens (tertiary/aromatic N) is 2. The van der Waals surface area contributed by atoms with Crippen LogP contribution < -0.4 is 0 Å². The summed E-state index contributed by atoms with van der Waals surface area (Å²) in [6.45, 7) is 3.54. The van der Waals surface area contributed by atoms with E-state index in [2.05, 4.69) is 36.0 Å². The van der Waals surface area contributed by atoms with Gasteiger partial charge in [-0.25, -0.2) is 0 Å². The molecule has 0 unspecified atom stereocenters. The molecule has 0 aliphatic carbocycles. The SMILES string of the molecule is CN(C)C1CCN(Cc2ccc(CO)cc2)CC1. The zero-order valence-corrected chi connectivity index (χ0v) is 11.5. The minimum atomic E-state index is 0.133. The predicted octanol–water partition coefficient (Wildman–Crippen LogP) is 1.70. The lowest BCUT2D eigenvalue weighted by Gasteiger charge is -2.35. The first-order valence-corrected chi connectivity index (χ1v) is 6.76. The third-order valence-corrected chi connectivity index (χ3v) is 3.90. The molecule has 0 spiro atoms. The van der Waals surface area contributed by atoms with E-state index in [1.807, 2.05) is 12.1 Å². The highest BCUT2D eigenvalue weighted by Gasteiger charge is 2.20. The molecular formula is C15H24N2O. The van der Waals surface area contributed by atoms with Crippen LogP contribution in [0.1, 0.15) is 24.0 Å². The predicted molar refractivity (Wildman–Crippen MR) is 74.4 cm³/mol. The molecule has 0 bridgehead atoms. The second-order valence-corrected chi connectivity index (χ2v) is 5.45.